The van der Waals surface area contributed by atoms with Crippen molar-refractivity contribution < 1.29 is 32.2 Å². The fourth-order valence-electron chi connectivity index (χ4n) is 3.09. The van der Waals surface area contributed by atoms with Crippen molar-refractivity contribution in [3.05, 3.63) is 53.6 Å². The topological polar surface area (TPSA) is 111 Å². The van der Waals surface area contributed by atoms with Crippen molar-refractivity contribution in [3.8, 4) is 5.75 Å². The summed E-state index contributed by atoms with van der Waals surface area (Å²) in [6, 6.07) is 11.0. The highest BCUT2D eigenvalue weighted by atomic mass is 32.2. The van der Waals surface area contributed by atoms with Gasteiger partial charge in [0.1, 0.15) is 5.75 Å². The molecule has 0 spiro atoms. The average Bonchev–Trinajstić information content (AvgIpc) is 2.78. The van der Waals surface area contributed by atoms with E-state index in [2.05, 4.69) is 5.32 Å². The minimum absolute atomic E-state index is 0.163. The monoisotopic (exact) mass is 448 g/mol. The van der Waals surface area contributed by atoms with E-state index in [4.69, 9.17) is 14.2 Å². The lowest BCUT2D eigenvalue weighted by atomic mass is 10.2. The molecule has 2 aromatic carbocycles. The summed E-state index contributed by atoms with van der Waals surface area (Å²) < 4.78 is 42.4. The Labute approximate surface area is 181 Å². The van der Waals surface area contributed by atoms with Crippen molar-refractivity contribution in [2.75, 3.05) is 45.3 Å². The first-order valence-corrected chi connectivity index (χ1v) is 11.1. The molecule has 1 fully saturated rings. The molecule has 0 aromatic heterocycles. The highest BCUT2D eigenvalue weighted by Crippen LogP contribution is 2.25. The van der Waals surface area contributed by atoms with E-state index in [-0.39, 0.29) is 17.1 Å². The van der Waals surface area contributed by atoms with Crippen LogP contribution >= 0.6 is 0 Å². The Hall–Kier alpha value is -2.95. The first-order chi connectivity index (χ1) is 14.8. The van der Waals surface area contributed by atoms with Gasteiger partial charge >= 0.3 is 5.97 Å². The molecule has 1 aliphatic heterocycles. The summed E-state index contributed by atoms with van der Waals surface area (Å²) in [7, 11) is -2.35. The number of anilines is 1. The number of morpholine rings is 1. The summed E-state index contributed by atoms with van der Waals surface area (Å²) in [5.74, 6) is -0.650. The van der Waals surface area contributed by atoms with E-state index in [1.165, 1.54) is 29.6 Å². The predicted molar refractivity (Wildman–Crippen MR) is 113 cm³/mol. The molecule has 1 N–H and O–H groups in total. The van der Waals surface area contributed by atoms with Crippen molar-refractivity contribution in [2.24, 2.45) is 0 Å². The Balaban J connectivity index is 1.65. The molecule has 31 heavy (non-hydrogen) atoms. The van der Waals surface area contributed by atoms with Crippen LogP contribution < -0.4 is 10.1 Å². The van der Waals surface area contributed by atoms with Crippen molar-refractivity contribution in [1.82, 2.24) is 4.31 Å². The van der Waals surface area contributed by atoms with Gasteiger partial charge < -0.3 is 19.5 Å². The summed E-state index contributed by atoms with van der Waals surface area (Å²) in [6.07, 6.45) is 0. The van der Waals surface area contributed by atoms with Gasteiger partial charge in [-0.1, -0.05) is 12.1 Å². The molecule has 1 heterocycles. The SMILES string of the molecule is COC(=O)c1ccccc1NC(=O)COc1ccc(S(=O)(=O)N2CCOCC2)cc1C. The van der Waals surface area contributed by atoms with Crippen LogP contribution in [0.2, 0.25) is 0 Å². The van der Waals surface area contributed by atoms with Crippen molar-refractivity contribution >= 4 is 27.6 Å². The Kier molecular flexibility index (Phi) is 7.26. The van der Waals surface area contributed by atoms with Crippen LogP contribution in [0.5, 0.6) is 5.75 Å². The molecule has 166 valence electrons. The van der Waals surface area contributed by atoms with Gasteiger partial charge in [0.05, 0.1) is 36.5 Å². The van der Waals surface area contributed by atoms with Gasteiger partial charge in [-0.05, 0) is 42.8 Å². The van der Waals surface area contributed by atoms with E-state index in [0.29, 0.717) is 43.3 Å². The number of ether oxygens (including phenoxy) is 3. The quantitative estimate of drug-likeness (QED) is 0.643. The van der Waals surface area contributed by atoms with Gasteiger partial charge in [-0.2, -0.15) is 4.31 Å². The molecule has 0 atom stereocenters. The number of aryl methyl sites for hydroxylation is 1. The summed E-state index contributed by atoms with van der Waals surface area (Å²) in [4.78, 5) is 24.3. The number of benzene rings is 2. The molecule has 0 bridgehead atoms. The second-order valence-electron chi connectivity index (χ2n) is 6.82. The predicted octanol–water partition coefficient (Wildman–Crippen LogP) is 1.82. The Morgan fingerprint density at radius 2 is 1.84 bits per heavy atom. The van der Waals surface area contributed by atoms with E-state index in [1.54, 1.807) is 31.2 Å². The number of rotatable bonds is 7. The number of hydrogen-bond acceptors (Lipinski definition) is 7. The minimum Gasteiger partial charge on any atom is -0.483 e. The first-order valence-electron chi connectivity index (χ1n) is 9.61. The molecule has 1 aliphatic rings. The van der Waals surface area contributed by atoms with Crippen LogP contribution in [0.4, 0.5) is 5.69 Å². The highest BCUT2D eigenvalue weighted by molar-refractivity contribution is 7.89. The van der Waals surface area contributed by atoms with Crippen LogP contribution in [0, 0.1) is 6.92 Å². The van der Waals surface area contributed by atoms with E-state index < -0.39 is 21.9 Å². The van der Waals surface area contributed by atoms with Gasteiger partial charge in [0.25, 0.3) is 5.91 Å². The Morgan fingerprint density at radius 3 is 2.52 bits per heavy atom. The average molecular weight is 448 g/mol. The number of nitrogens with zero attached hydrogens (tertiary/aromatic N) is 1. The molecule has 1 amide bonds. The van der Waals surface area contributed by atoms with Crippen LogP contribution in [0.3, 0.4) is 0 Å². The lowest BCUT2D eigenvalue weighted by molar-refractivity contribution is -0.118. The van der Waals surface area contributed by atoms with Gasteiger partial charge in [0.2, 0.25) is 10.0 Å². The number of carbonyl (C=O) groups is 2. The molecule has 10 heteroatoms. The molecule has 3 rings (SSSR count). The summed E-state index contributed by atoms with van der Waals surface area (Å²) in [6.45, 7) is 2.75. The number of sulfonamides is 1. The van der Waals surface area contributed by atoms with Crippen LogP contribution in [-0.4, -0.2) is 64.6 Å². The third kappa shape index (κ3) is 5.40. The summed E-state index contributed by atoms with van der Waals surface area (Å²) in [5, 5.41) is 2.61. The van der Waals surface area contributed by atoms with E-state index in [0.717, 1.165) is 0 Å². The Morgan fingerprint density at radius 1 is 1.13 bits per heavy atom. The molecular formula is C21H24N2O7S. The van der Waals surface area contributed by atoms with Crippen LogP contribution in [-0.2, 0) is 24.3 Å². The lowest BCUT2D eigenvalue weighted by Crippen LogP contribution is -2.40. The largest absolute Gasteiger partial charge is 0.483 e. The zero-order valence-corrected chi connectivity index (χ0v) is 18.1. The fourth-order valence-corrected chi connectivity index (χ4v) is 4.58. The number of methoxy groups -OCH3 is 1. The Bertz CT molecular complexity index is 1060. The number of amides is 1. The summed E-state index contributed by atoms with van der Waals surface area (Å²) in [5.41, 5.74) is 1.12. The number of nitrogens with one attached hydrogen (secondary N) is 1. The van der Waals surface area contributed by atoms with Gasteiger partial charge in [0, 0.05) is 13.1 Å². The maximum absolute atomic E-state index is 12.8. The maximum Gasteiger partial charge on any atom is 0.339 e. The highest BCUT2D eigenvalue weighted by Gasteiger charge is 2.26. The number of hydrogen-bond donors (Lipinski definition) is 1. The number of esters is 1. The smallest absolute Gasteiger partial charge is 0.339 e. The normalized spacial score (nSPS) is 14.6. The lowest BCUT2D eigenvalue weighted by Gasteiger charge is -2.26. The molecule has 0 radical (unpaired) electrons. The van der Waals surface area contributed by atoms with Gasteiger partial charge in [0.15, 0.2) is 6.61 Å². The fraction of sp³-hybridized carbons (Fsp3) is 0.333. The van der Waals surface area contributed by atoms with E-state index in [9.17, 15) is 18.0 Å². The van der Waals surface area contributed by atoms with E-state index in [1.807, 2.05) is 0 Å². The second-order valence-corrected chi connectivity index (χ2v) is 8.76. The van der Waals surface area contributed by atoms with Crippen LogP contribution in [0.1, 0.15) is 15.9 Å². The zero-order valence-electron chi connectivity index (χ0n) is 17.3. The molecule has 0 unspecified atom stereocenters. The zero-order chi connectivity index (χ0) is 22.4. The van der Waals surface area contributed by atoms with Crippen molar-refractivity contribution in [1.29, 1.82) is 0 Å². The number of para-hydroxylation sites is 1. The summed E-state index contributed by atoms with van der Waals surface area (Å²) >= 11 is 0. The van der Waals surface area contributed by atoms with Gasteiger partial charge in [-0.3, -0.25) is 4.79 Å². The maximum atomic E-state index is 12.8. The molecule has 2 aromatic rings. The molecule has 9 nitrogen and oxygen atoms in total. The minimum atomic E-state index is -3.61. The van der Waals surface area contributed by atoms with Crippen LogP contribution in [0.25, 0.3) is 0 Å². The molecule has 1 saturated heterocycles. The standard InChI is InChI=1S/C21H24N2O7S/c1-15-13-16(31(26,27)23-9-11-29-12-10-23)7-8-19(15)30-14-20(24)22-18-6-4-3-5-17(18)21(25)28-2/h3-8,13H,9-12,14H2,1-2H3,(H,22,24). The number of carbonyl (C=O) groups excluding carboxylic acids is 2. The van der Waals surface area contributed by atoms with Gasteiger partial charge in [-0.25, -0.2) is 13.2 Å². The molecular weight excluding hydrogens is 424 g/mol. The van der Waals surface area contributed by atoms with E-state index >= 15 is 0 Å². The first kappa shape index (κ1) is 22.7. The third-order valence-electron chi connectivity index (χ3n) is 4.72. The molecule has 0 aliphatic carbocycles. The molecule has 0 saturated carbocycles. The second kappa shape index (κ2) is 9.90. The van der Waals surface area contributed by atoms with Gasteiger partial charge in [-0.15, -0.1) is 0 Å². The van der Waals surface area contributed by atoms with Crippen LogP contribution in [0.15, 0.2) is 47.4 Å². The van der Waals surface area contributed by atoms with Crippen molar-refractivity contribution in [3.63, 3.8) is 0 Å². The van der Waals surface area contributed by atoms with Crippen molar-refractivity contribution in [2.45, 2.75) is 11.8 Å². The third-order valence-corrected chi connectivity index (χ3v) is 6.61.